The predicted molar refractivity (Wildman–Crippen MR) is 46.4 cm³/mol. The molecule has 1 saturated heterocycles. The molecule has 0 aromatic heterocycles. The molecule has 1 heterocycles. The minimum Gasteiger partial charge on any atom is -0.394 e. The van der Waals surface area contributed by atoms with Crippen LogP contribution in [0.15, 0.2) is 0 Å². The molecule has 0 saturated carbocycles. The lowest BCUT2D eigenvalue weighted by Crippen LogP contribution is -2.59. The Morgan fingerprint density at radius 1 is 1.19 bits per heavy atom. The summed E-state index contributed by atoms with van der Waals surface area (Å²) in [6.07, 6.45) is -8.58. The summed E-state index contributed by atoms with van der Waals surface area (Å²) >= 11 is 0. The van der Waals surface area contributed by atoms with Crippen LogP contribution in [0, 0.1) is 0 Å². The summed E-state index contributed by atoms with van der Waals surface area (Å²) in [6, 6.07) is 0. The molecule has 1 fully saturated rings. The maximum atomic E-state index is 10.4. The van der Waals surface area contributed by atoms with E-state index in [1.807, 2.05) is 0 Å². The molecule has 5 atom stereocenters. The Balaban J connectivity index is 2.85. The van der Waals surface area contributed by atoms with Crippen LogP contribution < -0.4 is 0 Å². The Kier molecular flexibility index (Phi) is 4.20. The first-order valence-electron chi connectivity index (χ1n) is 4.22. The van der Waals surface area contributed by atoms with Gasteiger partial charge in [-0.1, -0.05) is 0 Å². The van der Waals surface area contributed by atoms with Crippen molar-refractivity contribution < 1.29 is 42.3 Å². The van der Waals surface area contributed by atoms with Gasteiger partial charge in [0.05, 0.1) is 6.61 Å². The van der Waals surface area contributed by atoms with Crippen LogP contribution in [0.3, 0.4) is 0 Å². The van der Waals surface area contributed by atoms with E-state index in [0.717, 1.165) is 0 Å². The van der Waals surface area contributed by atoms with Crippen LogP contribution in [-0.2, 0) is 19.3 Å². The van der Waals surface area contributed by atoms with Crippen molar-refractivity contribution in [2.75, 3.05) is 6.61 Å². The molecule has 1 rings (SSSR count). The number of aliphatic hydroxyl groups excluding tert-OH is 4. The molecule has 5 N–H and O–H groups in total. The number of rotatable bonds is 3. The summed E-state index contributed by atoms with van der Waals surface area (Å²) in [5.74, 6) is 0. The van der Waals surface area contributed by atoms with E-state index >= 15 is 0 Å². The predicted octanol–water partition coefficient (Wildman–Crippen LogP) is -3.39. The van der Waals surface area contributed by atoms with Crippen LogP contribution in [-0.4, -0.2) is 70.7 Å². The Hall–Kier alpha value is -0.330. The van der Waals surface area contributed by atoms with Gasteiger partial charge in [0.1, 0.15) is 24.4 Å². The fourth-order valence-corrected chi connectivity index (χ4v) is 1.83. The lowest BCUT2D eigenvalue weighted by Gasteiger charge is -2.38. The highest BCUT2D eigenvalue weighted by Crippen LogP contribution is 2.23. The van der Waals surface area contributed by atoms with E-state index in [2.05, 4.69) is 8.92 Å². The first-order valence-corrected chi connectivity index (χ1v) is 5.59. The van der Waals surface area contributed by atoms with Crippen molar-refractivity contribution in [3.05, 3.63) is 0 Å². The first-order chi connectivity index (χ1) is 7.26. The average molecular weight is 260 g/mol. The Bertz CT molecular complexity index is 327. The van der Waals surface area contributed by atoms with Crippen LogP contribution in [0.5, 0.6) is 0 Å². The van der Waals surface area contributed by atoms with Crippen molar-refractivity contribution in [1.29, 1.82) is 0 Å². The Morgan fingerprint density at radius 2 is 1.75 bits per heavy atom. The number of ether oxygens (including phenoxy) is 1. The van der Waals surface area contributed by atoms with E-state index in [9.17, 15) is 18.6 Å². The summed E-state index contributed by atoms with van der Waals surface area (Å²) in [7, 11) is -4.91. The average Bonchev–Trinajstić information content (AvgIpc) is 2.17. The van der Waals surface area contributed by atoms with E-state index in [0.29, 0.717) is 0 Å². The highest BCUT2D eigenvalue weighted by Gasteiger charge is 2.46. The van der Waals surface area contributed by atoms with Gasteiger partial charge >= 0.3 is 10.4 Å². The molecule has 0 aromatic carbocycles. The van der Waals surface area contributed by atoms with E-state index in [-0.39, 0.29) is 0 Å². The molecule has 0 radical (unpaired) electrons. The standard InChI is InChI=1S/C6H12O9S/c7-1-2-3(8)5(15-16(11,12)13)4(9)6(10)14-2/h2-10H,1H2,(H,11,12,13). The summed E-state index contributed by atoms with van der Waals surface area (Å²) < 4.78 is 37.8. The number of hydrogen-bond donors (Lipinski definition) is 5. The molecule has 0 bridgehead atoms. The van der Waals surface area contributed by atoms with E-state index < -0.39 is 47.7 Å². The molecular weight excluding hydrogens is 248 g/mol. The first kappa shape index (κ1) is 13.7. The molecule has 1 aliphatic heterocycles. The van der Waals surface area contributed by atoms with Gasteiger partial charge in [-0.15, -0.1) is 0 Å². The topological polar surface area (TPSA) is 154 Å². The number of hydrogen-bond acceptors (Lipinski definition) is 8. The summed E-state index contributed by atoms with van der Waals surface area (Å²) in [6.45, 7) is -0.726. The van der Waals surface area contributed by atoms with Crippen molar-refractivity contribution >= 4 is 10.4 Å². The number of aliphatic hydroxyl groups is 4. The molecule has 0 aromatic rings. The third-order valence-electron chi connectivity index (χ3n) is 2.07. The zero-order chi connectivity index (χ0) is 12.5. The largest absolute Gasteiger partial charge is 0.397 e. The molecule has 96 valence electrons. The second-order valence-corrected chi connectivity index (χ2v) is 4.27. The zero-order valence-corrected chi connectivity index (χ0v) is 8.69. The van der Waals surface area contributed by atoms with Gasteiger partial charge in [-0.05, 0) is 0 Å². The maximum absolute atomic E-state index is 10.4. The van der Waals surface area contributed by atoms with E-state index in [1.165, 1.54) is 0 Å². The minimum absolute atomic E-state index is 0.726. The van der Waals surface area contributed by atoms with Crippen molar-refractivity contribution in [2.45, 2.75) is 30.7 Å². The lowest BCUT2D eigenvalue weighted by atomic mass is 9.99. The Morgan fingerprint density at radius 3 is 2.19 bits per heavy atom. The third kappa shape index (κ3) is 3.09. The van der Waals surface area contributed by atoms with E-state index in [4.69, 9.17) is 14.8 Å². The summed E-state index contributed by atoms with van der Waals surface area (Å²) in [5.41, 5.74) is 0. The second-order valence-electron chi connectivity index (χ2n) is 3.22. The van der Waals surface area contributed by atoms with Crippen LogP contribution in [0.2, 0.25) is 0 Å². The second kappa shape index (κ2) is 4.89. The normalized spacial score (nSPS) is 40.9. The smallest absolute Gasteiger partial charge is 0.394 e. The fourth-order valence-electron chi connectivity index (χ4n) is 1.32. The third-order valence-corrected chi connectivity index (χ3v) is 2.54. The van der Waals surface area contributed by atoms with Crippen LogP contribution in [0.25, 0.3) is 0 Å². The van der Waals surface area contributed by atoms with Gasteiger partial charge in [0.15, 0.2) is 6.29 Å². The van der Waals surface area contributed by atoms with Gasteiger partial charge in [-0.25, -0.2) is 4.18 Å². The quantitative estimate of drug-likeness (QED) is 0.327. The van der Waals surface area contributed by atoms with Crippen LogP contribution >= 0.6 is 0 Å². The lowest BCUT2D eigenvalue weighted by molar-refractivity contribution is -0.282. The molecular formula is C6H12O9S. The van der Waals surface area contributed by atoms with Crippen molar-refractivity contribution in [3.8, 4) is 0 Å². The van der Waals surface area contributed by atoms with Crippen LogP contribution in [0.1, 0.15) is 0 Å². The van der Waals surface area contributed by atoms with Gasteiger partial charge < -0.3 is 25.2 Å². The fraction of sp³-hybridized carbons (Fsp3) is 1.00. The van der Waals surface area contributed by atoms with Gasteiger partial charge in [-0.3, -0.25) is 4.55 Å². The molecule has 16 heavy (non-hydrogen) atoms. The van der Waals surface area contributed by atoms with Crippen molar-refractivity contribution in [2.24, 2.45) is 0 Å². The van der Waals surface area contributed by atoms with Gasteiger partial charge in [0.2, 0.25) is 0 Å². The summed E-state index contributed by atoms with van der Waals surface area (Å²) in [4.78, 5) is 0. The highest BCUT2D eigenvalue weighted by atomic mass is 32.3. The zero-order valence-electron chi connectivity index (χ0n) is 7.87. The monoisotopic (exact) mass is 260 g/mol. The van der Waals surface area contributed by atoms with Crippen molar-refractivity contribution in [3.63, 3.8) is 0 Å². The molecule has 5 unspecified atom stereocenters. The van der Waals surface area contributed by atoms with Gasteiger partial charge in [-0.2, -0.15) is 8.42 Å². The SMILES string of the molecule is O=S(=O)(O)OC1C(O)C(O)OC(CO)C1O. The molecule has 0 amide bonds. The Labute approximate surface area is 90.8 Å². The van der Waals surface area contributed by atoms with Gasteiger partial charge in [0, 0.05) is 0 Å². The summed E-state index contributed by atoms with van der Waals surface area (Å²) in [5, 5.41) is 36.5. The highest BCUT2D eigenvalue weighted by molar-refractivity contribution is 7.80. The van der Waals surface area contributed by atoms with Gasteiger partial charge in [0.25, 0.3) is 0 Å². The molecule has 9 nitrogen and oxygen atoms in total. The van der Waals surface area contributed by atoms with Crippen LogP contribution in [0.4, 0.5) is 0 Å². The minimum atomic E-state index is -4.91. The molecule has 0 spiro atoms. The van der Waals surface area contributed by atoms with Crippen molar-refractivity contribution in [1.82, 2.24) is 0 Å². The molecule has 10 heteroatoms. The maximum Gasteiger partial charge on any atom is 0.397 e. The molecule has 0 aliphatic carbocycles. The van der Waals surface area contributed by atoms with E-state index in [1.54, 1.807) is 0 Å². The molecule has 1 aliphatic rings.